The fourth-order valence-corrected chi connectivity index (χ4v) is 3.28. The zero-order valence-corrected chi connectivity index (χ0v) is 16.6. The molecule has 5 heteroatoms. The molecule has 3 rings (SSSR count). The maximum atomic E-state index is 13.2. The highest BCUT2D eigenvalue weighted by atomic mass is 35.5. The molecule has 144 valence electrons. The SMILES string of the molecule is Cc1ccc([C@H]([NH2+][C@@H](C)C(=O)Nc2ccc(F)cc2Cl)c2ccccc2)cc1. The monoisotopic (exact) mass is 397 g/mol. The second-order valence-corrected chi connectivity index (χ2v) is 7.30. The molecule has 0 spiro atoms. The number of hydrogen-bond acceptors (Lipinski definition) is 1. The van der Waals surface area contributed by atoms with Gasteiger partial charge in [-0.05, 0) is 32.0 Å². The average Bonchev–Trinajstić information content (AvgIpc) is 2.69. The first-order valence-corrected chi connectivity index (χ1v) is 9.54. The van der Waals surface area contributed by atoms with E-state index in [2.05, 4.69) is 41.7 Å². The van der Waals surface area contributed by atoms with Crippen molar-refractivity contribution >= 4 is 23.2 Å². The van der Waals surface area contributed by atoms with E-state index in [4.69, 9.17) is 11.6 Å². The Balaban J connectivity index is 1.79. The second-order valence-electron chi connectivity index (χ2n) is 6.89. The van der Waals surface area contributed by atoms with Gasteiger partial charge in [0.25, 0.3) is 5.91 Å². The summed E-state index contributed by atoms with van der Waals surface area (Å²) in [5.41, 5.74) is 3.83. The Bertz CT molecular complexity index is 945. The van der Waals surface area contributed by atoms with Crippen molar-refractivity contribution < 1.29 is 14.5 Å². The minimum atomic E-state index is -0.439. The van der Waals surface area contributed by atoms with Crippen LogP contribution in [0, 0.1) is 12.7 Å². The number of hydrogen-bond donors (Lipinski definition) is 2. The number of carbonyl (C=O) groups is 1. The second kappa shape index (κ2) is 9.00. The number of benzene rings is 3. The van der Waals surface area contributed by atoms with Crippen molar-refractivity contribution in [2.24, 2.45) is 0 Å². The van der Waals surface area contributed by atoms with Gasteiger partial charge in [0.1, 0.15) is 11.9 Å². The molecular weight excluding hydrogens is 375 g/mol. The Kier molecular flexibility index (Phi) is 6.45. The van der Waals surface area contributed by atoms with Crippen molar-refractivity contribution in [3.05, 3.63) is 100 Å². The van der Waals surface area contributed by atoms with E-state index < -0.39 is 5.82 Å². The van der Waals surface area contributed by atoms with E-state index in [1.807, 2.05) is 37.4 Å². The molecule has 0 heterocycles. The molecule has 1 amide bonds. The topological polar surface area (TPSA) is 45.7 Å². The fourth-order valence-electron chi connectivity index (χ4n) is 3.06. The molecule has 3 nitrogen and oxygen atoms in total. The van der Waals surface area contributed by atoms with E-state index in [1.165, 1.54) is 23.8 Å². The van der Waals surface area contributed by atoms with Crippen LogP contribution >= 0.6 is 11.6 Å². The Morgan fingerprint density at radius 3 is 2.29 bits per heavy atom. The first-order chi connectivity index (χ1) is 13.4. The van der Waals surface area contributed by atoms with Crippen molar-refractivity contribution in [1.82, 2.24) is 0 Å². The molecule has 2 atom stereocenters. The minimum absolute atomic E-state index is 0.0220. The molecule has 0 saturated heterocycles. The maximum Gasteiger partial charge on any atom is 0.282 e. The number of carbonyl (C=O) groups excluding carboxylic acids is 1. The molecule has 28 heavy (non-hydrogen) atoms. The molecule has 0 aliphatic rings. The van der Waals surface area contributed by atoms with Crippen molar-refractivity contribution in [3.63, 3.8) is 0 Å². The van der Waals surface area contributed by atoms with Crippen LogP contribution in [-0.2, 0) is 4.79 Å². The molecule has 0 saturated carbocycles. The standard InChI is InChI=1S/C23H22ClFN2O/c1-15-8-10-18(11-9-15)22(17-6-4-3-5-7-17)26-16(2)23(28)27-21-13-12-19(25)14-20(21)24/h3-14,16,22,26H,1-2H3,(H,27,28)/p+1/t16-,22+/m0/s1. The Labute approximate surface area is 169 Å². The van der Waals surface area contributed by atoms with Gasteiger partial charge in [0.05, 0.1) is 10.7 Å². The number of amides is 1. The van der Waals surface area contributed by atoms with Gasteiger partial charge in [-0.2, -0.15) is 0 Å². The summed E-state index contributed by atoms with van der Waals surface area (Å²) < 4.78 is 13.2. The lowest BCUT2D eigenvalue weighted by Crippen LogP contribution is -2.92. The number of halogens is 2. The summed E-state index contributed by atoms with van der Waals surface area (Å²) in [6.07, 6.45) is 0. The van der Waals surface area contributed by atoms with Crippen LogP contribution in [0.2, 0.25) is 5.02 Å². The van der Waals surface area contributed by atoms with E-state index >= 15 is 0 Å². The molecule has 0 bridgehead atoms. The molecule has 3 aromatic rings. The third-order valence-electron chi connectivity index (χ3n) is 4.68. The number of rotatable bonds is 6. The van der Waals surface area contributed by atoms with Crippen molar-refractivity contribution in [2.75, 3.05) is 5.32 Å². The minimum Gasteiger partial charge on any atom is -0.326 e. The van der Waals surface area contributed by atoms with Crippen LogP contribution < -0.4 is 10.6 Å². The summed E-state index contributed by atoms with van der Waals surface area (Å²) in [4.78, 5) is 12.7. The number of nitrogens with one attached hydrogen (secondary N) is 1. The van der Waals surface area contributed by atoms with Gasteiger partial charge in [-0.25, -0.2) is 4.39 Å². The lowest BCUT2D eigenvalue weighted by atomic mass is 9.97. The largest absolute Gasteiger partial charge is 0.326 e. The maximum absolute atomic E-state index is 13.2. The number of nitrogens with two attached hydrogens (primary N) is 1. The smallest absolute Gasteiger partial charge is 0.282 e. The molecule has 0 radical (unpaired) electrons. The van der Waals surface area contributed by atoms with E-state index in [9.17, 15) is 9.18 Å². The van der Waals surface area contributed by atoms with Crippen LogP contribution in [0.5, 0.6) is 0 Å². The molecule has 3 aromatic carbocycles. The van der Waals surface area contributed by atoms with Gasteiger partial charge in [-0.3, -0.25) is 4.79 Å². The van der Waals surface area contributed by atoms with Crippen LogP contribution in [0.15, 0.2) is 72.8 Å². The predicted octanol–water partition coefficient (Wildman–Crippen LogP) is 4.47. The molecule has 0 aliphatic heterocycles. The quantitative estimate of drug-likeness (QED) is 0.633. The third kappa shape index (κ3) is 4.97. The van der Waals surface area contributed by atoms with Gasteiger partial charge in [-0.1, -0.05) is 71.8 Å². The highest BCUT2D eigenvalue weighted by Gasteiger charge is 2.25. The van der Waals surface area contributed by atoms with Crippen molar-refractivity contribution in [2.45, 2.75) is 25.9 Å². The van der Waals surface area contributed by atoms with Gasteiger partial charge in [0.15, 0.2) is 6.04 Å². The van der Waals surface area contributed by atoms with Gasteiger partial charge in [0, 0.05) is 11.1 Å². The third-order valence-corrected chi connectivity index (χ3v) is 4.99. The number of anilines is 1. The van der Waals surface area contributed by atoms with Gasteiger partial charge in [-0.15, -0.1) is 0 Å². The van der Waals surface area contributed by atoms with Crippen LogP contribution in [-0.4, -0.2) is 11.9 Å². The highest BCUT2D eigenvalue weighted by molar-refractivity contribution is 6.33. The van der Waals surface area contributed by atoms with Gasteiger partial charge < -0.3 is 10.6 Å². The van der Waals surface area contributed by atoms with Crippen molar-refractivity contribution in [1.29, 1.82) is 0 Å². The summed E-state index contributed by atoms with van der Waals surface area (Å²) in [5.74, 6) is -0.632. The van der Waals surface area contributed by atoms with E-state index in [-0.39, 0.29) is 23.0 Å². The van der Waals surface area contributed by atoms with Crippen LogP contribution in [0.4, 0.5) is 10.1 Å². The Morgan fingerprint density at radius 1 is 1.00 bits per heavy atom. The zero-order chi connectivity index (χ0) is 20.1. The summed E-state index contributed by atoms with van der Waals surface area (Å²) >= 11 is 6.03. The van der Waals surface area contributed by atoms with E-state index in [0.717, 1.165) is 11.1 Å². The zero-order valence-electron chi connectivity index (χ0n) is 15.8. The first-order valence-electron chi connectivity index (χ1n) is 9.16. The number of quaternary nitrogens is 1. The van der Waals surface area contributed by atoms with Gasteiger partial charge in [0.2, 0.25) is 0 Å². The molecular formula is C23H23ClFN2O+. The summed E-state index contributed by atoms with van der Waals surface area (Å²) in [7, 11) is 0. The highest BCUT2D eigenvalue weighted by Crippen LogP contribution is 2.23. The van der Waals surface area contributed by atoms with E-state index in [1.54, 1.807) is 0 Å². The van der Waals surface area contributed by atoms with Gasteiger partial charge >= 0.3 is 0 Å². The first kappa shape index (κ1) is 20.1. The lowest BCUT2D eigenvalue weighted by molar-refractivity contribution is -0.704. The van der Waals surface area contributed by atoms with Crippen LogP contribution in [0.1, 0.15) is 29.7 Å². The molecule has 3 N–H and O–H groups in total. The average molecular weight is 398 g/mol. The van der Waals surface area contributed by atoms with E-state index in [0.29, 0.717) is 5.69 Å². The fraction of sp³-hybridized carbons (Fsp3) is 0.174. The molecule has 0 unspecified atom stereocenters. The lowest BCUT2D eigenvalue weighted by Gasteiger charge is -2.21. The summed E-state index contributed by atoms with van der Waals surface area (Å²) in [5, 5.41) is 4.99. The Hall–Kier alpha value is -2.69. The van der Waals surface area contributed by atoms with Crippen LogP contribution in [0.25, 0.3) is 0 Å². The van der Waals surface area contributed by atoms with Crippen LogP contribution in [0.3, 0.4) is 0 Å². The normalized spacial score (nSPS) is 13.0. The summed E-state index contributed by atoms with van der Waals surface area (Å²) in [6.45, 7) is 3.89. The Morgan fingerprint density at radius 2 is 1.64 bits per heavy atom. The predicted molar refractivity (Wildman–Crippen MR) is 111 cm³/mol. The molecule has 0 fully saturated rings. The molecule has 0 aliphatic carbocycles. The van der Waals surface area contributed by atoms with Crippen molar-refractivity contribution in [3.8, 4) is 0 Å². The summed E-state index contributed by atoms with van der Waals surface area (Å²) in [6, 6.07) is 21.9. The number of aryl methyl sites for hydroxylation is 1. The molecule has 0 aromatic heterocycles.